The number of para-hydroxylation sites is 1. The van der Waals surface area contributed by atoms with E-state index in [2.05, 4.69) is 21.7 Å². The summed E-state index contributed by atoms with van der Waals surface area (Å²) in [6.07, 6.45) is 0.660. The molecule has 2 fully saturated rings. The zero-order valence-electron chi connectivity index (χ0n) is 14.4. The topological polar surface area (TPSA) is 74.3 Å². The van der Waals surface area contributed by atoms with Gasteiger partial charge in [-0.1, -0.05) is 26.0 Å². The standard InChI is InChI=1S/C18H22N4O2S/c1-10(2)16-18(24)22-9-11(7-13(22)17(23)21-16)19-8-15-20-12-5-3-4-6-14(12)25-15/h3-6,10-11,13,16,19H,7-9H2,1-2H3,(H,21,23)/t11-,13-,16+/m0/s1. The molecule has 132 valence electrons. The number of nitrogens with one attached hydrogen (secondary N) is 2. The van der Waals surface area contributed by atoms with Crippen LogP contribution in [0, 0.1) is 5.92 Å². The van der Waals surface area contributed by atoms with Gasteiger partial charge in [0.1, 0.15) is 17.1 Å². The maximum absolute atomic E-state index is 12.6. The van der Waals surface area contributed by atoms with Crippen LogP contribution in [0.3, 0.4) is 0 Å². The molecule has 3 atom stereocenters. The van der Waals surface area contributed by atoms with Gasteiger partial charge >= 0.3 is 0 Å². The first-order valence-electron chi connectivity index (χ1n) is 8.71. The molecule has 0 bridgehead atoms. The number of thiazole rings is 1. The van der Waals surface area contributed by atoms with Gasteiger partial charge in [-0.05, 0) is 24.5 Å². The zero-order valence-corrected chi connectivity index (χ0v) is 15.2. The lowest BCUT2D eigenvalue weighted by molar-refractivity contribution is -0.148. The first-order valence-corrected chi connectivity index (χ1v) is 9.53. The minimum absolute atomic E-state index is 0.0254. The lowest BCUT2D eigenvalue weighted by Gasteiger charge is -2.36. The van der Waals surface area contributed by atoms with Gasteiger partial charge < -0.3 is 15.5 Å². The van der Waals surface area contributed by atoms with Crippen LogP contribution in [-0.2, 0) is 16.1 Å². The predicted octanol–water partition coefficient (Wildman–Crippen LogP) is 1.51. The number of hydrogen-bond donors (Lipinski definition) is 2. The summed E-state index contributed by atoms with van der Waals surface area (Å²) in [6.45, 7) is 5.17. The van der Waals surface area contributed by atoms with Crippen LogP contribution in [0.15, 0.2) is 24.3 Å². The van der Waals surface area contributed by atoms with E-state index in [0.29, 0.717) is 19.5 Å². The van der Waals surface area contributed by atoms with Crippen molar-refractivity contribution in [1.82, 2.24) is 20.5 Å². The van der Waals surface area contributed by atoms with Crippen LogP contribution in [-0.4, -0.2) is 46.4 Å². The van der Waals surface area contributed by atoms with Crippen molar-refractivity contribution < 1.29 is 9.59 Å². The number of piperazine rings is 1. The number of carbonyl (C=O) groups is 2. The highest BCUT2D eigenvalue weighted by atomic mass is 32.1. The first kappa shape index (κ1) is 16.5. The molecular formula is C18H22N4O2S. The van der Waals surface area contributed by atoms with Crippen molar-refractivity contribution in [2.45, 2.75) is 44.9 Å². The Kier molecular flexibility index (Phi) is 4.21. The maximum Gasteiger partial charge on any atom is 0.246 e. The molecule has 4 rings (SSSR count). The molecule has 25 heavy (non-hydrogen) atoms. The van der Waals surface area contributed by atoms with E-state index in [1.54, 1.807) is 16.2 Å². The molecule has 7 heteroatoms. The van der Waals surface area contributed by atoms with Crippen LogP contribution in [0.2, 0.25) is 0 Å². The van der Waals surface area contributed by atoms with Crippen LogP contribution in [0.25, 0.3) is 10.2 Å². The Bertz CT molecular complexity index is 785. The minimum atomic E-state index is -0.397. The molecule has 1 aromatic heterocycles. The van der Waals surface area contributed by atoms with Crippen molar-refractivity contribution >= 4 is 33.4 Å². The number of benzene rings is 1. The summed E-state index contributed by atoms with van der Waals surface area (Å²) in [5, 5.41) is 7.38. The largest absolute Gasteiger partial charge is 0.342 e. The highest BCUT2D eigenvalue weighted by Crippen LogP contribution is 2.26. The third-order valence-electron chi connectivity index (χ3n) is 5.00. The molecule has 2 N–H and O–H groups in total. The van der Waals surface area contributed by atoms with E-state index in [4.69, 9.17) is 0 Å². The van der Waals surface area contributed by atoms with E-state index in [1.807, 2.05) is 32.0 Å². The van der Waals surface area contributed by atoms with Crippen molar-refractivity contribution in [3.8, 4) is 0 Å². The Morgan fingerprint density at radius 2 is 2.16 bits per heavy atom. The monoisotopic (exact) mass is 358 g/mol. The summed E-state index contributed by atoms with van der Waals surface area (Å²) < 4.78 is 1.18. The van der Waals surface area contributed by atoms with E-state index in [9.17, 15) is 9.59 Å². The van der Waals surface area contributed by atoms with Gasteiger partial charge in [-0.25, -0.2) is 4.98 Å². The third-order valence-corrected chi connectivity index (χ3v) is 6.03. The number of carbonyl (C=O) groups excluding carboxylic acids is 2. The number of amides is 2. The van der Waals surface area contributed by atoms with Crippen molar-refractivity contribution in [2.75, 3.05) is 6.54 Å². The van der Waals surface area contributed by atoms with Crippen molar-refractivity contribution in [3.05, 3.63) is 29.3 Å². The molecule has 2 amide bonds. The summed E-state index contributed by atoms with van der Waals surface area (Å²) >= 11 is 1.68. The SMILES string of the molecule is CC(C)[C@H]1NC(=O)[C@@H]2C[C@H](NCc3nc4ccccc4s3)CN2C1=O. The normalized spacial score (nSPS) is 26.4. The molecule has 2 aliphatic heterocycles. The first-order chi connectivity index (χ1) is 12.0. The van der Waals surface area contributed by atoms with Crippen LogP contribution >= 0.6 is 11.3 Å². The van der Waals surface area contributed by atoms with Gasteiger partial charge in [0.15, 0.2) is 0 Å². The van der Waals surface area contributed by atoms with E-state index < -0.39 is 6.04 Å². The smallest absolute Gasteiger partial charge is 0.246 e. The Balaban J connectivity index is 1.42. The number of hydrogen-bond acceptors (Lipinski definition) is 5. The summed E-state index contributed by atoms with van der Waals surface area (Å²) in [5.74, 6) is 0.124. The Morgan fingerprint density at radius 3 is 2.92 bits per heavy atom. The number of aromatic nitrogens is 1. The molecule has 0 saturated carbocycles. The van der Waals surface area contributed by atoms with Crippen LogP contribution in [0.4, 0.5) is 0 Å². The Hall–Kier alpha value is -1.99. The molecule has 2 aromatic rings. The lowest BCUT2D eigenvalue weighted by atomic mass is 9.98. The highest BCUT2D eigenvalue weighted by Gasteiger charge is 2.46. The predicted molar refractivity (Wildman–Crippen MR) is 97.1 cm³/mol. The van der Waals surface area contributed by atoms with Crippen LogP contribution in [0.1, 0.15) is 25.3 Å². The molecule has 0 spiro atoms. The third kappa shape index (κ3) is 3.02. The molecule has 2 saturated heterocycles. The molecule has 1 aromatic carbocycles. The molecule has 6 nitrogen and oxygen atoms in total. The second-order valence-electron chi connectivity index (χ2n) is 7.13. The number of fused-ring (bicyclic) bond motifs is 2. The van der Waals surface area contributed by atoms with Crippen LogP contribution < -0.4 is 10.6 Å². The molecule has 3 heterocycles. The minimum Gasteiger partial charge on any atom is -0.342 e. The highest BCUT2D eigenvalue weighted by molar-refractivity contribution is 7.18. The Morgan fingerprint density at radius 1 is 1.36 bits per heavy atom. The Labute approximate surface area is 150 Å². The van der Waals surface area contributed by atoms with Gasteiger partial charge in [0.05, 0.1) is 10.2 Å². The van der Waals surface area contributed by atoms with E-state index in [1.165, 1.54) is 4.70 Å². The fourth-order valence-corrected chi connectivity index (χ4v) is 4.56. The van der Waals surface area contributed by atoms with Gasteiger partial charge in [-0.2, -0.15) is 0 Å². The van der Waals surface area contributed by atoms with Gasteiger partial charge in [0.25, 0.3) is 0 Å². The molecular weight excluding hydrogens is 336 g/mol. The summed E-state index contributed by atoms with van der Waals surface area (Å²) in [4.78, 5) is 31.3. The molecule has 0 unspecified atom stereocenters. The number of nitrogens with zero attached hydrogens (tertiary/aromatic N) is 2. The van der Waals surface area contributed by atoms with Gasteiger partial charge in [0, 0.05) is 19.1 Å². The lowest BCUT2D eigenvalue weighted by Crippen LogP contribution is -2.62. The molecule has 0 radical (unpaired) electrons. The average Bonchev–Trinajstić information content (AvgIpc) is 3.19. The average molecular weight is 358 g/mol. The maximum atomic E-state index is 12.6. The second kappa shape index (κ2) is 6.38. The van der Waals surface area contributed by atoms with Crippen molar-refractivity contribution in [2.24, 2.45) is 5.92 Å². The summed E-state index contributed by atoms with van der Waals surface area (Å²) in [7, 11) is 0. The van der Waals surface area contributed by atoms with Crippen LogP contribution in [0.5, 0.6) is 0 Å². The quantitative estimate of drug-likeness (QED) is 0.869. The fraction of sp³-hybridized carbons (Fsp3) is 0.500. The zero-order chi connectivity index (χ0) is 17.6. The summed E-state index contributed by atoms with van der Waals surface area (Å²) in [6, 6.07) is 7.48. The van der Waals surface area contributed by atoms with Crippen molar-refractivity contribution in [1.29, 1.82) is 0 Å². The van der Waals surface area contributed by atoms with Gasteiger partial charge in [-0.3, -0.25) is 9.59 Å². The van der Waals surface area contributed by atoms with E-state index in [-0.39, 0.29) is 29.8 Å². The van der Waals surface area contributed by atoms with E-state index >= 15 is 0 Å². The van der Waals surface area contributed by atoms with Gasteiger partial charge in [-0.15, -0.1) is 11.3 Å². The molecule has 2 aliphatic rings. The molecule has 0 aliphatic carbocycles. The second-order valence-corrected chi connectivity index (χ2v) is 8.24. The number of rotatable bonds is 4. The summed E-state index contributed by atoms with van der Waals surface area (Å²) in [5.41, 5.74) is 1.02. The van der Waals surface area contributed by atoms with E-state index in [0.717, 1.165) is 10.5 Å². The fourth-order valence-electron chi connectivity index (χ4n) is 3.64. The van der Waals surface area contributed by atoms with Crippen molar-refractivity contribution in [3.63, 3.8) is 0 Å². The van der Waals surface area contributed by atoms with Gasteiger partial charge in [0.2, 0.25) is 11.8 Å².